The fraction of sp³-hybridized carbons (Fsp3) is 0. The number of fused-ring (bicyclic) bond motifs is 8. The number of benzene rings is 8. The minimum atomic E-state index is 0.840. The standard InChI is InChI=1S/C46H27NO2S/c1-2-11-28(12-3-1)30-25-26-41-44-33(30)15-8-16-34(44)31-24-23-29(27-42(31)49-41)47(37-18-10-21-40-45(37)36-14-4-6-20-39(36)48-40)38-19-9-17-35-32-13-5-7-22-43(32)50-46(35)38/h1-27H. The van der Waals surface area contributed by atoms with Gasteiger partial charge in [0, 0.05) is 43.6 Å². The smallest absolute Gasteiger partial charge is 0.137 e. The quantitative estimate of drug-likeness (QED) is 0.188. The molecule has 8 aromatic carbocycles. The molecule has 3 heterocycles. The van der Waals surface area contributed by atoms with Crippen LogP contribution in [-0.4, -0.2) is 0 Å². The Hall–Kier alpha value is -6.36. The first-order valence-corrected chi connectivity index (χ1v) is 17.7. The Morgan fingerprint density at radius 2 is 1.16 bits per heavy atom. The Bertz CT molecular complexity index is 2970. The molecule has 50 heavy (non-hydrogen) atoms. The van der Waals surface area contributed by atoms with E-state index in [-0.39, 0.29) is 0 Å². The van der Waals surface area contributed by atoms with E-state index in [1.54, 1.807) is 0 Å². The van der Waals surface area contributed by atoms with Gasteiger partial charge in [-0.3, -0.25) is 0 Å². The van der Waals surface area contributed by atoms with Crippen molar-refractivity contribution in [2.75, 3.05) is 4.90 Å². The molecule has 4 heteroatoms. The average molecular weight is 658 g/mol. The average Bonchev–Trinajstić information content (AvgIpc) is 3.75. The maximum atomic E-state index is 6.84. The molecule has 0 atom stereocenters. The Morgan fingerprint density at radius 1 is 0.440 bits per heavy atom. The predicted octanol–water partition coefficient (Wildman–Crippen LogP) is 14.0. The van der Waals surface area contributed by atoms with Crippen LogP contribution >= 0.6 is 11.3 Å². The van der Waals surface area contributed by atoms with Crippen molar-refractivity contribution in [2.45, 2.75) is 0 Å². The maximum Gasteiger partial charge on any atom is 0.137 e. The van der Waals surface area contributed by atoms with Gasteiger partial charge in [0.1, 0.15) is 22.7 Å². The molecule has 11 rings (SSSR count). The molecule has 1 aliphatic heterocycles. The molecule has 0 saturated carbocycles. The molecule has 0 fully saturated rings. The van der Waals surface area contributed by atoms with Crippen molar-refractivity contribution in [1.82, 2.24) is 0 Å². The lowest BCUT2D eigenvalue weighted by Gasteiger charge is -2.29. The molecule has 234 valence electrons. The lowest BCUT2D eigenvalue weighted by molar-refractivity contribution is 0.487. The summed E-state index contributed by atoms with van der Waals surface area (Å²) >= 11 is 1.84. The van der Waals surface area contributed by atoms with Gasteiger partial charge in [-0.2, -0.15) is 0 Å². The summed E-state index contributed by atoms with van der Waals surface area (Å²) in [4.78, 5) is 2.39. The minimum absolute atomic E-state index is 0.840. The second-order valence-electron chi connectivity index (χ2n) is 12.8. The van der Waals surface area contributed by atoms with Crippen molar-refractivity contribution in [3.05, 3.63) is 164 Å². The summed E-state index contributed by atoms with van der Waals surface area (Å²) in [5, 5.41) is 7.04. The number of ether oxygens (including phenoxy) is 1. The van der Waals surface area contributed by atoms with E-state index in [1.807, 2.05) is 23.5 Å². The second-order valence-corrected chi connectivity index (χ2v) is 13.9. The number of hydrogen-bond donors (Lipinski definition) is 0. The third-order valence-electron chi connectivity index (χ3n) is 10.1. The van der Waals surface area contributed by atoms with Gasteiger partial charge in [0.25, 0.3) is 0 Å². The summed E-state index contributed by atoms with van der Waals surface area (Å²) in [5.41, 5.74) is 9.61. The largest absolute Gasteiger partial charge is 0.456 e. The Morgan fingerprint density at radius 3 is 2.10 bits per heavy atom. The number of anilines is 3. The zero-order valence-electron chi connectivity index (χ0n) is 26.8. The third-order valence-corrected chi connectivity index (χ3v) is 11.3. The number of thiophene rings is 1. The van der Waals surface area contributed by atoms with Crippen LogP contribution in [0.5, 0.6) is 11.5 Å². The van der Waals surface area contributed by atoms with Gasteiger partial charge in [0.15, 0.2) is 0 Å². The minimum Gasteiger partial charge on any atom is -0.456 e. The number of para-hydroxylation sites is 1. The highest BCUT2D eigenvalue weighted by atomic mass is 32.1. The molecule has 3 nitrogen and oxygen atoms in total. The fourth-order valence-electron chi connectivity index (χ4n) is 7.89. The lowest BCUT2D eigenvalue weighted by atomic mass is 9.90. The van der Waals surface area contributed by atoms with Crippen LogP contribution in [0.25, 0.3) is 75.1 Å². The number of furan rings is 1. The van der Waals surface area contributed by atoms with E-state index in [9.17, 15) is 0 Å². The molecule has 10 aromatic rings. The molecule has 2 aromatic heterocycles. The summed E-state index contributed by atoms with van der Waals surface area (Å²) in [6.07, 6.45) is 0. The molecule has 1 aliphatic rings. The van der Waals surface area contributed by atoms with Gasteiger partial charge in [-0.25, -0.2) is 0 Å². The van der Waals surface area contributed by atoms with Crippen molar-refractivity contribution in [3.8, 4) is 33.8 Å². The molecule has 0 spiro atoms. The van der Waals surface area contributed by atoms with Gasteiger partial charge in [-0.15, -0.1) is 11.3 Å². The van der Waals surface area contributed by atoms with E-state index < -0.39 is 0 Å². The van der Waals surface area contributed by atoms with Gasteiger partial charge < -0.3 is 14.1 Å². The van der Waals surface area contributed by atoms with Crippen LogP contribution in [0.4, 0.5) is 17.1 Å². The zero-order valence-corrected chi connectivity index (χ0v) is 27.6. The number of rotatable bonds is 4. The number of nitrogens with zero attached hydrogens (tertiary/aromatic N) is 1. The van der Waals surface area contributed by atoms with E-state index in [2.05, 4.69) is 157 Å². The molecule has 0 radical (unpaired) electrons. The molecule has 0 unspecified atom stereocenters. The van der Waals surface area contributed by atoms with Crippen LogP contribution in [-0.2, 0) is 0 Å². The van der Waals surface area contributed by atoms with Crippen molar-refractivity contribution < 1.29 is 9.15 Å². The lowest BCUT2D eigenvalue weighted by Crippen LogP contribution is -2.11. The summed E-state index contributed by atoms with van der Waals surface area (Å²) in [6.45, 7) is 0. The van der Waals surface area contributed by atoms with Gasteiger partial charge >= 0.3 is 0 Å². The highest BCUT2D eigenvalue weighted by Gasteiger charge is 2.26. The number of hydrogen-bond acceptors (Lipinski definition) is 4. The third kappa shape index (κ3) is 3.97. The molecular formula is C46H27NO2S. The van der Waals surface area contributed by atoms with E-state index in [0.29, 0.717) is 0 Å². The van der Waals surface area contributed by atoms with Crippen molar-refractivity contribution in [2.24, 2.45) is 0 Å². The zero-order chi connectivity index (χ0) is 32.8. The van der Waals surface area contributed by atoms with Crippen LogP contribution in [0, 0.1) is 0 Å². The van der Waals surface area contributed by atoms with Crippen molar-refractivity contribution in [3.63, 3.8) is 0 Å². The van der Waals surface area contributed by atoms with Crippen molar-refractivity contribution >= 4 is 81.3 Å². The first-order valence-electron chi connectivity index (χ1n) is 16.8. The first-order chi connectivity index (χ1) is 24.8. The van der Waals surface area contributed by atoms with Gasteiger partial charge in [-0.1, -0.05) is 109 Å². The SMILES string of the molecule is c1ccc(-c2ccc3c4c(cccc24)-c2ccc(N(c4cccc5c4sc4ccccc45)c4cccc5oc6ccccc6c45)cc2O3)cc1. The highest BCUT2D eigenvalue weighted by molar-refractivity contribution is 7.26. The Balaban J connectivity index is 1.16. The highest BCUT2D eigenvalue weighted by Crippen LogP contribution is 2.52. The van der Waals surface area contributed by atoms with Gasteiger partial charge in [0.05, 0.1) is 21.5 Å². The van der Waals surface area contributed by atoms with Crippen LogP contribution in [0.2, 0.25) is 0 Å². The van der Waals surface area contributed by atoms with Crippen LogP contribution in [0.1, 0.15) is 0 Å². The monoisotopic (exact) mass is 657 g/mol. The fourth-order valence-corrected chi connectivity index (χ4v) is 9.09. The van der Waals surface area contributed by atoms with Crippen molar-refractivity contribution in [1.29, 1.82) is 0 Å². The van der Waals surface area contributed by atoms with Crippen LogP contribution < -0.4 is 9.64 Å². The van der Waals surface area contributed by atoms with E-state index in [4.69, 9.17) is 9.15 Å². The van der Waals surface area contributed by atoms with E-state index >= 15 is 0 Å². The molecule has 0 amide bonds. The molecule has 0 bridgehead atoms. The van der Waals surface area contributed by atoms with Crippen LogP contribution in [0.15, 0.2) is 168 Å². The first kappa shape index (κ1) is 27.6. The molecule has 0 saturated heterocycles. The summed E-state index contributed by atoms with van der Waals surface area (Å²) < 4.78 is 15.8. The summed E-state index contributed by atoms with van der Waals surface area (Å²) in [7, 11) is 0. The molecular weight excluding hydrogens is 631 g/mol. The Kier molecular flexibility index (Phi) is 5.83. The Labute approximate surface area is 291 Å². The van der Waals surface area contributed by atoms with E-state index in [0.717, 1.165) is 61.4 Å². The van der Waals surface area contributed by atoms with Crippen LogP contribution in [0.3, 0.4) is 0 Å². The second kappa shape index (κ2) is 10.6. The van der Waals surface area contributed by atoms with E-state index in [1.165, 1.54) is 42.2 Å². The summed E-state index contributed by atoms with van der Waals surface area (Å²) in [6, 6.07) is 58.2. The van der Waals surface area contributed by atoms with Gasteiger partial charge in [-0.05, 0) is 70.6 Å². The molecule has 0 N–H and O–H groups in total. The topological polar surface area (TPSA) is 25.6 Å². The normalized spacial score (nSPS) is 12.2. The molecule has 0 aliphatic carbocycles. The summed E-state index contributed by atoms with van der Waals surface area (Å²) in [5.74, 6) is 1.72. The maximum absolute atomic E-state index is 6.84. The predicted molar refractivity (Wildman–Crippen MR) is 210 cm³/mol. The van der Waals surface area contributed by atoms with Gasteiger partial charge in [0.2, 0.25) is 0 Å².